The standard InChI is InChI=1S/C19H26N4OS2/c1-12-8-9-16(10-13(12)2)20-18-21-22-19(26-18)25-11-17(24)23-14(3)6-5-7-15(23)4/h8-10,14-15H,5-7,11H2,1-4H3,(H,20,21)/t14-,15-/m0/s1. The Balaban J connectivity index is 1.56. The first-order valence-electron chi connectivity index (χ1n) is 9.06. The molecule has 1 aromatic heterocycles. The van der Waals surface area contributed by atoms with E-state index in [0.717, 1.165) is 28.0 Å². The van der Waals surface area contributed by atoms with Crippen LogP contribution in [0.5, 0.6) is 0 Å². The van der Waals surface area contributed by atoms with Gasteiger partial charge in [0.1, 0.15) is 0 Å². The number of rotatable bonds is 5. The summed E-state index contributed by atoms with van der Waals surface area (Å²) in [6, 6.07) is 6.91. The summed E-state index contributed by atoms with van der Waals surface area (Å²) in [5, 5.41) is 12.4. The Kier molecular flexibility index (Phi) is 6.19. The molecule has 2 heterocycles. The molecule has 1 aromatic carbocycles. The van der Waals surface area contributed by atoms with Gasteiger partial charge in [-0.1, -0.05) is 29.2 Å². The summed E-state index contributed by atoms with van der Waals surface area (Å²) in [7, 11) is 0. The van der Waals surface area contributed by atoms with Crippen LogP contribution in [-0.2, 0) is 4.79 Å². The number of nitrogens with one attached hydrogen (secondary N) is 1. The molecule has 2 atom stereocenters. The third-order valence-corrected chi connectivity index (χ3v) is 6.92. The largest absolute Gasteiger partial charge is 0.337 e. The van der Waals surface area contributed by atoms with Crippen LogP contribution in [0.15, 0.2) is 22.5 Å². The molecule has 0 aliphatic carbocycles. The zero-order valence-corrected chi connectivity index (χ0v) is 17.4. The molecule has 1 fully saturated rings. The Morgan fingerprint density at radius 1 is 1.23 bits per heavy atom. The van der Waals surface area contributed by atoms with E-state index in [4.69, 9.17) is 0 Å². The summed E-state index contributed by atoms with van der Waals surface area (Å²) < 4.78 is 0.821. The average Bonchev–Trinajstić information content (AvgIpc) is 3.04. The zero-order valence-electron chi connectivity index (χ0n) is 15.8. The van der Waals surface area contributed by atoms with Crippen molar-refractivity contribution in [3.05, 3.63) is 29.3 Å². The molecule has 0 radical (unpaired) electrons. The van der Waals surface area contributed by atoms with Crippen LogP contribution in [0.1, 0.15) is 44.2 Å². The summed E-state index contributed by atoms with van der Waals surface area (Å²) in [5.41, 5.74) is 3.51. The molecule has 1 aliphatic rings. The lowest BCUT2D eigenvalue weighted by Gasteiger charge is -2.39. The molecular formula is C19H26N4OS2. The third kappa shape index (κ3) is 4.57. The van der Waals surface area contributed by atoms with Crippen LogP contribution in [-0.4, -0.2) is 38.8 Å². The first kappa shape index (κ1) is 19.2. The van der Waals surface area contributed by atoms with Crippen molar-refractivity contribution in [2.24, 2.45) is 0 Å². The molecule has 7 heteroatoms. The Bertz CT molecular complexity index is 767. The van der Waals surface area contributed by atoms with Crippen LogP contribution < -0.4 is 5.32 Å². The summed E-state index contributed by atoms with van der Waals surface area (Å²) >= 11 is 2.96. The van der Waals surface area contributed by atoms with E-state index < -0.39 is 0 Å². The number of hydrogen-bond acceptors (Lipinski definition) is 6. The van der Waals surface area contributed by atoms with E-state index >= 15 is 0 Å². The maximum Gasteiger partial charge on any atom is 0.233 e. The van der Waals surface area contributed by atoms with Crippen molar-refractivity contribution >= 4 is 39.8 Å². The third-order valence-electron chi connectivity index (χ3n) is 4.97. The van der Waals surface area contributed by atoms with Gasteiger partial charge in [-0.05, 0) is 70.2 Å². The minimum atomic E-state index is 0.202. The predicted molar refractivity (Wildman–Crippen MR) is 109 cm³/mol. The average molecular weight is 391 g/mol. The lowest BCUT2D eigenvalue weighted by Crippen LogP contribution is -2.48. The SMILES string of the molecule is Cc1ccc(Nc2nnc(SCC(=O)N3[C@@H](C)CCC[C@@H]3C)s2)cc1C. The maximum absolute atomic E-state index is 12.6. The monoisotopic (exact) mass is 390 g/mol. The number of aromatic nitrogens is 2. The number of nitrogens with zero attached hydrogens (tertiary/aromatic N) is 3. The van der Waals surface area contributed by atoms with Gasteiger partial charge in [0.15, 0.2) is 4.34 Å². The molecule has 2 aromatic rings. The first-order chi connectivity index (χ1) is 12.4. The fraction of sp³-hybridized carbons (Fsp3) is 0.526. The van der Waals surface area contributed by atoms with E-state index in [1.807, 2.05) is 11.0 Å². The fourth-order valence-electron chi connectivity index (χ4n) is 3.37. The topological polar surface area (TPSA) is 58.1 Å². The Morgan fingerprint density at radius 3 is 2.65 bits per heavy atom. The number of anilines is 2. The van der Waals surface area contributed by atoms with Crippen molar-refractivity contribution in [3.8, 4) is 0 Å². The summed E-state index contributed by atoms with van der Waals surface area (Å²) in [6.45, 7) is 8.49. The Labute approximate surface area is 163 Å². The minimum absolute atomic E-state index is 0.202. The smallest absolute Gasteiger partial charge is 0.233 e. The van der Waals surface area contributed by atoms with Crippen LogP contribution >= 0.6 is 23.1 Å². The normalized spacial score (nSPS) is 20.2. The predicted octanol–water partition coefficient (Wildman–Crippen LogP) is 4.78. The van der Waals surface area contributed by atoms with E-state index in [9.17, 15) is 4.79 Å². The number of amides is 1. The quantitative estimate of drug-likeness (QED) is 0.745. The number of aryl methyl sites for hydroxylation is 2. The lowest BCUT2D eigenvalue weighted by atomic mass is 9.98. The van der Waals surface area contributed by atoms with Crippen LogP contribution in [0.25, 0.3) is 0 Å². The van der Waals surface area contributed by atoms with Crippen molar-refractivity contribution in [2.45, 2.75) is 63.4 Å². The number of likely N-dealkylation sites (tertiary alicyclic amines) is 1. The highest BCUT2D eigenvalue weighted by Crippen LogP contribution is 2.30. The molecule has 1 amide bonds. The van der Waals surface area contributed by atoms with Crippen LogP contribution in [0.2, 0.25) is 0 Å². The van der Waals surface area contributed by atoms with E-state index in [1.54, 1.807) is 0 Å². The number of carbonyl (C=O) groups excluding carboxylic acids is 1. The van der Waals surface area contributed by atoms with E-state index in [2.05, 4.69) is 55.3 Å². The van der Waals surface area contributed by atoms with Gasteiger partial charge in [0, 0.05) is 17.8 Å². The Hall–Kier alpha value is -1.60. The van der Waals surface area contributed by atoms with Gasteiger partial charge in [-0.3, -0.25) is 4.79 Å². The summed E-state index contributed by atoms with van der Waals surface area (Å²) in [6.07, 6.45) is 3.41. The summed E-state index contributed by atoms with van der Waals surface area (Å²) in [5.74, 6) is 0.626. The Morgan fingerprint density at radius 2 is 1.96 bits per heavy atom. The van der Waals surface area contributed by atoms with Crippen molar-refractivity contribution in [1.29, 1.82) is 0 Å². The summed E-state index contributed by atoms with van der Waals surface area (Å²) in [4.78, 5) is 14.7. The van der Waals surface area contributed by atoms with Gasteiger partial charge in [-0.15, -0.1) is 10.2 Å². The van der Waals surface area contributed by atoms with E-state index in [1.165, 1.54) is 40.6 Å². The van der Waals surface area contributed by atoms with Gasteiger partial charge in [0.05, 0.1) is 5.75 Å². The second-order valence-electron chi connectivity index (χ2n) is 7.02. The number of hydrogen-bond donors (Lipinski definition) is 1. The van der Waals surface area contributed by atoms with E-state index in [0.29, 0.717) is 17.8 Å². The second-order valence-corrected chi connectivity index (χ2v) is 9.22. The van der Waals surface area contributed by atoms with Gasteiger partial charge in [-0.25, -0.2) is 0 Å². The zero-order chi connectivity index (χ0) is 18.7. The fourth-order valence-corrected chi connectivity index (χ4v) is 5.01. The first-order valence-corrected chi connectivity index (χ1v) is 10.9. The van der Waals surface area contributed by atoms with Gasteiger partial charge in [-0.2, -0.15) is 0 Å². The van der Waals surface area contributed by atoms with Crippen molar-refractivity contribution in [2.75, 3.05) is 11.1 Å². The van der Waals surface area contributed by atoms with Crippen molar-refractivity contribution in [1.82, 2.24) is 15.1 Å². The lowest BCUT2D eigenvalue weighted by molar-refractivity contribution is -0.134. The number of carbonyl (C=O) groups is 1. The molecule has 1 saturated heterocycles. The van der Waals surface area contributed by atoms with Crippen molar-refractivity contribution < 1.29 is 4.79 Å². The van der Waals surface area contributed by atoms with Crippen LogP contribution in [0, 0.1) is 13.8 Å². The highest BCUT2D eigenvalue weighted by molar-refractivity contribution is 8.01. The van der Waals surface area contributed by atoms with Gasteiger partial charge in [0.25, 0.3) is 0 Å². The number of thioether (sulfide) groups is 1. The van der Waals surface area contributed by atoms with Crippen molar-refractivity contribution in [3.63, 3.8) is 0 Å². The molecule has 1 aliphatic heterocycles. The molecule has 0 spiro atoms. The highest BCUT2D eigenvalue weighted by atomic mass is 32.2. The molecule has 1 N–H and O–H groups in total. The van der Waals surface area contributed by atoms with Gasteiger partial charge >= 0.3 is 0 Å². The molecule has 140 valence electrons. The molecule has 5 nitrogen and oxygen atoms in total. The molecule has 0 saturated carbocycles. The molecule has 3 rings (SSSR count). The molecule has 0 unspecified atom stereocenters. The van der Waals surface area contributed by atoms with E-state index in [-0.39, 0.29) is 5.91 Å². The molecule has 0 bridgehead atoms. The number of benzene rings is 1. The van der Waals surface area contributed by atoms with Gasteiger partial charge in [0.2, 0.25) is 11.0 Å². The van der Waals surface area contributed by atoms with Crippen LogP contribution in [0.4, 0.5) is 10.8 Å². The minimum Gasteiger partial charge on any atom is -0.337 e. The van der Waals surface area contributed by atoms with Crippen LogP contribution in [0.3, 0.4) is 0 Å². The molecular weight excluding hydrogens is 364 g/mol. The number of piperidine rings is 1. The van der Waals surface area contributed by atoms with Gasteiger partial charge < -0.3 is 10.2 Å². The maximum atomic E-state index is 12.6. The molecule has 26 heavy (non-hydrogen) atoms. The highest BCUT2D eigenvalue weighted by Gasteiger charge is 2.28. The second kappa shape index (κ2) is 8.39.